The molecule has 1 aromatic carbocycles. The van der Waals surface area contributed by atoms with Gasteiger partial charge < -0.3 is 0 Å². The lowest BCUT2D eigenvalue weighted by Gasteiger charge is -2.27. The summed E-state index contributed by atoms with van der Waals surface area (Å²) in [5.74, 6) is 0.164. The molecule has 0 spiro atoms. The maximum atomic E-state index is 12.9. The highest BCUT2D eigenvalue weighted by Crippen LogP contribution is 2.43. The van der Waals surface area contributed by atoms with Gasteiger partial charge in [-0.05, 0) is 18.4 Å². The predicted octanol–water partition coefficient (Wildman–Crippen LogP) is 3.17. The zero-order chi connectivity index (χ0) is 13.1. The normalized spacial score (nSPS) is 17.3. The van der Waals surface area contributed by atoms with Gasteiger partial charge in [-0.3, -0.25) is 4.79 Å². The van der Waals surface area contributed by atoms with Crippen LogP contribution in [0.4, 0.5) is 0 Å². The highest BCUT2D eigenvalue weighted by Gasteiger charge is 2.42. The Morgan fingerprint density at radius 3 is 2.26 bits per heavy atom. The van der Waals surface area contributed by atoms with Crippen molar-refractivity contribution in [2.24, 2.45) is 0 Å². The smallest absolute Gasteiger partial charge is 0.176 e. The molecule has 0 aliphatic heterocycles. The number of hydrogen-bond acceptors (Lipinski definition) is 3. The van der Waals surface area contributed by atoms with Gasteiger partial charge in [-0.15, -0.1) is 0 Å². The first-order chi connectivity index (χ1) is 9.33. The first-order valence-electron chi connectivity index (χ1n) is 6.68. The Morgan fingerprint density at radius 2 is 1.63 bits per heavy atom. The van der Waals surface area contributed by atoms with E-state index in [9.17, 15) is 4.79 Å². The minimum Gasteiger partial charge on any atom is -0.293 e. The van der Waals surface area contributed by atoms with Crippen LogP contribution < -0.4 is 0 Å². The molecular formula is C16H16N2O. The van der Waals surface area contributed by atoms with Crippen molar-refractivity contribution in [2.45, 2.75) is 31.1 Å². The van der Waals surface area contributed by atoms with E-state index in [1.165, 1.54) is 6.33 Å². The summed E-state index contributed by atoms with van der Waals surface area (Å²) in [5, 5.41) is 0. The Bertz CT molecular complexity index is 560. The summed E-state index contributed by atoms with van der Waals surface area (Å²) in [5.41, 5.74) is 1.38. The Labute approximate surface area is 112 Å². The van der Waals surface area contributed by atoms with Gasteiger partial charge in [0.05, 0.1) is 11.0 Å². The highest BCUT2D eigenvalue weighted by atomic mass is 16.1. The predicted molar refractivity (Wildman–Crippen MR) is 73.0 cm³/mol. The molecule has 1 heterocycles. The summed E-state index contributed by atoms with van der Waals surface area (Å²) < 4.78 is 0. The fourth-order valence-corrected chi connectivity index (χ4v) is 3.08. The number of rotatable bonds is 3. The van der Waals surface area contributed by atoms with Crippen molar-refractivity contribution in [1.82, 2.24) is 9.97 Å². The van der Waals surface area contributed by atoms with Gasteiger partial charge in [-0.1, -0.05) is 43.2 Å². The van der Waals surface area contributed by atoms with Crippen LogP contribution in [0.25, 0.3) is 0 Å². The molecule has 0 N–H and O–H groups in total. The number of carbonyl (C=O) groups excluding carboxylic acids is 1. The second kappa shape index (κ2) is 4.92. The summed E-state index contributed by atoms with van der Waals surface area (Å²) in [6, 6.07) is 10.1. The van der Waals surface area contributed by atoms with Crippen molar-refractivity contribution in [3.63, 3.8) is 0 Å². The zero-order valence-corrected chi connectivity index (χ0v) is 10.7. The van der Waals surface area contributed by atoms with Crippen LogP contribution in [0.5, 0.6) is 0 Å². The average Bonchev–Trinajstić information content (AvgIpc) is 2.99. The molecule has 1 aliphatic carbocycles. The molecule has 1 fully saturated rings. The molecule has 3 heteroatoms. The van der Waals surface area contributed by atoms with Crippen molar-refractivity contribution in [3.05, 3.63) is 60.2 Å². The third kappa shape index (κ3) is 2.05. The van der Waals surface area contributed by atoms with Gasteiger partial charge >= 0.3 is 0 Å². The molecule has 0 amide bonds. The molecule has 2 aromatic rings. The first-order valence-corrected chi connectivity index (χ1v) is 6.68. The monoisotopic (exact) mass is 252 g/mol. The number of ketones is 1. The van der Waals surface area contributed by atoms with Crippen molar-refractivity contribution < 1.29 is 4.79 Å². The molecule has 3 nitrogen and oxygen atoms in total. The van der Waals surface area contributed by atoms with E-state index in [1.807, 2.05) is 18.2 Å². The summed E-state index contributed by atoms with van der Waals surface area (Å²) in [6.07, 6.45) is 8.76. The number of nitrogens with zero attached hydrogens (tertiary/aromatic N) is 2. The lowest BCUT2D eigenvalue weighted by Crippen LogP contribution is -2.33. The van der Waals surface area contributed by atoms with Gasteiger partial charge in [0, 0.05) is 12.4 Å². The van der Waals surface area contributed by atoms with Gasteiger partial charge in [0.2, 0.25) is 0 Å². The van der Waals surface area contributed by atoms with Crippen LogP contribution in [0.3, 0.4) is 0 Å². The average molecular weight is 252 g/mol. The molecule has 1 saturated carbocycles. The van der Waals surface area contributed by atoms with E-state index in [2.05, 4.69) is 22.1 Å². The standard InChI is InChI=1S/C16H16N2O/c19-15(13-10-17-12-18-11-13)16(8-4-5-9-16)14-6-2-1-3-7-14/h1-3,6-7,10-12H,4-5,8-9H2. The number of Topliss-reactive ketones (excluding diaryl/α,β-unsaturated/α-hetero) is 1. The van der Waals surface area contributed by atoms with Crippen LogP contribution in [0, 0.1) is 0 Å². The molecule has 0 saturated heterocycles. The third-order valence-corrected chi connectivity index (χ3v) is 4.04. The van der Waals surface area contributed by atoms with Crippen LogP contribution in [0.2, 0.25) is 0 Å². The lowest BCUT2D eigenvalue weighted by molar-refractivity contribution is 0.0885. The topological polar surface area (TPSA) is 42.9 Å². The Balaban J connectivity index is 2.05. The number of aromatic nitrogens is 2. The minimum atomic E-state index is -0.369. The van der Waals surface area contributed by atoms with Gasteiger partial charge in [0.25, 0.3) is 0 Å². The molecule has 0 atom stereocenters. The van der Waals surface area contributed by atoms with Gasteiger partial charge in [0.1, 0.15) is 6.33 Å². The van der Waals surface area contributed by atoms with Crippen LogP contribution in [0.15, 0.2) is 49.1 Å². The number of benzene rings is 1. The largest absolute Gasteiger partial charge is 0.293 e. The second-order valence-electron chi connectivity index (χ2n) is 5.11. The first kappa shape index (κ1) is 12.0. The van der Waals surface area contributed by atoms with Crippen molar-refractivity contribution in [1.29, 1.82) is 0 Å². The third-order valence-electron chi connectivity index (χ3n) is 4.04. The van der Waals surface area contributed by atoms with Crippen molar-refractivity contribution in [2.75, 3.05) is 0 Å². The summed E-state index contributed by atoms with van der Waals surface area (Å²) >= 11 is 0. The molecule has 96 valence electrons. The second-order valence-corrected chi connectivity index (χ2v) is 5.11. The van der Waals surface area contributed by atoms with E-state index < -0.39 is 0 Å². The lowest BCUT2D eigenvalue weighted by atomic mass is 9.73. The van der Waals surface area contributed by atoms with Gasteiger partial charge in [0.15, 0.2) is 5.78 Å². The summed E-state index contributed by atoms with van der Waals surface area (Å²) in [6.45, 7) is 0. The fraction of sp³-hybridized carbons (Fsp3) is 0.312. The Morgan fingerprint density at radius 1 is 1.00 bits per heavy atom. The number of carbonyl (C=O) groups is 1. The SMILES string of the molecule is O=C(c1cncnc1)C1(c2ccccc2)CCCC1. The Kier molecular flexibility index (Phi) is 3.11. The van der Waals surface area contributed by atoms with Gasteiger partial charge in [-0.25, -0.2) is 9.97 Å². The van der Waals surface area contributed by atoms with E-state index in [0.717, 1.165) is 31.2 Å². The minimum absolute atomic E-state index is 0.164. The van der Waals surface area contributed by atoms with Crippen LogP contribution in [-0.2, 0) is 5.41 Å². The van der Waals surface area contributed by atoms with Crippen LogP contribution in [-0.4, -0.2) is 15.8 Å². The van der Waals surface area contributed by atoms with E-state index in [4.69, 9.17) is 0 Å². The fourth-order valence-electron chi connectivity index (χ4n) is 3.08. The quantitative estimate of drug-likeness (QED) is 0.788. The van der Waals surface area contributed by atoms with E-state index in [1.54, 1.807) is 12.4 Å². The van der Waals surface area contributed by atoms with Gasteiger partial charge in [-0.2, -0.15) is 0 Å². The summed E-state index contributed by atoms with van der Waals surface area (Å²) in [4.78, 5) is 20.8. The number of hydrogen-bond donors (Lipinski definition) is 0. The van der Waals surface area contributed by atoms with E-state index >= 15 is 0 Å². The maximum absolute atomic E-state index is 12.9. The molecule has 0 bridgehead atoms. The zero-order valence-electron chi connectivity index (χ0n) is 10.7. The van der Waals surface area contributed by atoms with Crippen LogP contribution >= 0.6 is 0 Å². The van der Waals surface area contributed by atoms with E-state index in [0.29, 0.717) is 5.56 Å². The molecule has 0 radical (unpaired) electrons. The van der Waals surface area contributed by atoms with Crippen molar-refractivity contribution >= 4 is 5.78 Å². The van der Waals surface area contributed by atoms with Crippen LogP contribution in [0.1, 0.15) is 41.6 Å². The van der Waals surface area contributed by atoms with Crippen molar-refractivity contribution in [3.8, 4) is 0 Å². The Hall–Kier alpha value is -2.03. The molecule has 19 heavy (non-hydrogen) atoms. The molecule has 1 aliphatic rings. The summed E-state index contributed by atoms with van der Waals surface area (Å²) in [7, 11) is 0. The maximum Gasteiger partial charge on any atom is 0.176 e. The molecule has 0 unspecified atom stereocenters. The molecular weight excluding hydrogens is 236 g/mol. The highest BCUT2D eigenvalue weighted by molar-refractivity contribution is 6.03. The molecule has 3 rings (SSSR count). The van der Waals surface area contributed by atoms with E-state index in [-0.39, 0.29) is 11.2 Å². The molecule has 1 aromatic heterocycles.